The topological polar surface area (TPSA) is 17.1 Å². The molecule has 0 saturated carbocycles. The number of hydrogen-bond donors (Lipinski definition) is 0. The number of halogens is 2. The summed E-state index contributed by atoms with van der Waals surface area (Å²) in [5.74, 6) is -0.940. The Hall–Kier alpha value is -1.68. The first-order chi connectivity index (χ1) is 10.1. The maximum Gasteiger partial charge on any atom is 0.173 e. The van der Waals surface area contributed by atoms with Crippen LogP contribution in [0.2, 0.25) is 0 Å². The van der Waals surface area contributed by atoms with Crippen LogP contribution in [0.15, 0.2) is 41.3 Å². The van der Waals surface area contributed by atoms with Crippen LogP contribution in [-0.4, -0.2) is 11.5 Å². The van der Waals surface area contributed by atoms with Crippen molar-refractivity contribution >= 4 is 17.5 Å². The molecule has 0 heterocycles. The zero-order valence-electron chi connectivity index (χ0n) is 11.4. The molecule has 3 rings (SSSR count). The van der Waals surface area contributed by atoms with Gasteiger partial charge in [-0.25, -0.2) is 8.78 Å². The van der Waals surface area contributed by atoms with Crippen molar-refractivity contribution in [1.82, 2.24) is 0 Å². The monoisotopic (exact) mass is 304 g/mol. The molecule has 2 aromatic carbocycles. The fourth-order valence-electron chi connectivity index (χ4n) is 2.56. The summed E-state index contributed by atoms with van der Waals surface area (Å²) in [6.07, 6.45) is 3.23. The summed E-state index contributed by atoms with van der Waals surface area (Å²) in [5, 5.41) is 0. The van der Waals surface area contributed by atoms with Crippen LogP contribution in [0.5, 0.6) is 0 Å². The van der Waals surface area contributed by atoms with E-state index in [1.54, 1.807) is 0 Å². The van der Waals surface area contributed by atoms with E-state index in [4.69, 9.17) is 0 Å². The van der Waals surface area contributed by atoms with Gasteiger partial charge in [-0.15, -0.1) is 11.8 Å². The van der Waals surface area contributed by atoms with Crippen molar-refractivity contribution in [2.24, 2.45) is 0 Å². The Morgan fingerprint density at radius 3 is 2.71 bits per heavy atom. The number of fused-ring (bicyclic) bond motifs is 1. The Morgan fingerprint density at radius 1 is 1.05 bits per heavy atom. The van der Waals surface area contributed by atoms with Gasteiger partial charge in [-0.1, -0.05) is 12.1 Å². The third kappa shape index (κ3) is 3.16. The molecule has 0 atom stereocenters. The maximum absolute atomic E-state index is 13.5. The third-order valence-corrected chi connectivity index (χ3v) is 4.70. The van der Waals surface area contributed by atoms with Crippen LogP contribution in [0.4, 0.5) is 8.78 Å². The van der Waals surface area contributed by atoms with Gasteiger partial charge in [0.1, 0.15) is 11.6 Å². The number of thioether (sulfide) groups is 1. The lowest BCUT2D eigenvalue weighted by Gasteiger charge is -2.05. The summed E-state index contributed by atoms with van der Waals surface area (Å²) < 4.78 is 26.6. The minimum absolute atomic E-state index is 0.0571. The summed E-state index contributed by atoms with van der Waals surface area (Å²) >= 11 is 1.03. The van der Waals surface area contributed by atoms with Gasteiger partial charge < -0.3 is 0 Å². The molecule has 0 unspecified atom stereocenters. The first-order valence-electron chi connectivity index (χ1n) is 6.86. The van der Waals surface area contributed by atoms with Gasteiger partial charge in [0.2, 0.25) is 0 Å². The molecule has 4 heteroatoms. The van der Waals surface area contributed by atoms with Crippen LogP contribution in [0.1, 0.15) is 27.9 Å². The van der Waals surface area contributed by atoms with Gasteiger partial charge in [0.05, 0.1) is 5.75 Å². The lowest BCUT2D eigenvalue weighted by molar-refractivity contribution is 0.102. The summed E-state index contributed by atoms with van der Waals surface area (Å²) in [6, 6.07) is 9.04. The van der Waals surface area contributed by atoms with Crippen LogP contribution in [-0.2, 0) is 12.8 Å². The standard InChI is InChI=1S/C17H14F2OS/c18-14-6-7-15(19)17(9-14)21-10-16(20)13-5-4-11-2-1-3-12(11)8-13/h4-9H,1-3,10H2. The second-order valence-electron chi connectivity index (χ2n) is 5.12. The van der Waals surface area contributed by atoms with Crippen molar-refractivity contribution in [2.75, 3.05) is 5.75 Å². The van der Waals surface area contributed by atoms with E-state index in [0.717, 1.165) is 49.2 Å². The van der Waals surface area contributed by atoms with Crippen molar-refractivity contribution in [2.45, 2.75) is 24.2 Å². The smallest absolute Gasteiger partial charge is 0.173 e. The average molecular weight is 304 g/mol. The molecular formula is C17H14F2OS. The zero-order chi connectivity index (χ0) is 14.8. The fourth-order valence-corrected chi connectivity index (χ4v) is 3.41. The SMILES string of the molecule is O=C(CSc1cc(F)ccc1F)c1ccc2c(c1)CCC2. The summed E-state index contributed by atoms with van der Waals surface area (Å²) in [5.41, 5.74) is 3.21. The number of aryl methyl sites for hydroxylation is 2. The molecule has 1 nitrogen and oxygen atoms in total. The van der Waals surface area contributed by atoms with E-state index in [1.807, 2.05) is 18.2 Å². The van der Waals surface area contributed by atoms with Crippen LogP contribution >= 0.6 is 11.8 Å². The number of hydrogen-bond acceptors (Lipinski definition) is 2. The van der Waals surface area contributed by atoms with E-state index in [1.165, 1.54) is 11.1 Å². The third-order valence-electron chi connectivity index (χ3n) is 3.67. The normalized spacial score (nSPS) is 13.2. The van der Waals surface area contributed by atoms with Crippen LogP contribution in [0.3, 0.4) is 0 Å². The van der Waals surface area contributed by atoms with E-state index in [9.17, 15) is 13.6 Å². The van der Waals surface area contributed by atoms with Gasteiger partial charge in [-0.2, -0.15) is 0 Å². The summed E-state index contributed by atoms with van der Waals surface area (Å²) in [6.45, 7) is 0. The van der Waals surface area contributed by atoms with Gasteiger partial charge in [-0.05, 0) is 54.7 Å². The first kappa shape index (κ1) is 14.3. The van der Waals surface area contributed by atoms with Crippen molar-refractivity contribution in [1.29, 1.82) is 0 Å². The molecule has 1 aliphatic rings. The Kier molecular flexibility index (Phi) is 4.06. The van der Waals surface area contributed by atoms with Crippen LogP contribution in [0.25, 0.3) is 0 Å². The van der Waals surface area contributed by atoms with Crippen molar-refractivity contribution in [3.8, 4) is 0 Å². The highest BCUT2D eigenvalue weighted by Gasteiger charge is 2.15. The predicted molar refractivity (Wildman–Crippen MR) is 79.9 cm³/mol. The largest absolute Gasteiger partial charge is 0.293 e. The Bertz CT molecular complexity index is 697. The average Bonchev–Trinajstić information content (AvgIpc) is 2.95. The molecule has 0 aromatic heterocycles. The van der Waals surface area contributed by atoms with E-state index in [0.29, 0.717) is 5.56 Å². The molecule has 2 aromatic rings. The van der Waals surface area contributed by atoms with Crippen molar-refractivity contribution < 1.29 is 13.6 Å². The van der Waals surface area contributed by atoms with Gasteiger partial charge in [0.25, 0.3) is 0 Å². The van der Waals surface area contributed by atoms with E-state index >= 15 is 0 Å². The predicted octanol–water partition coefficient (Wildman–Crippen LogP) is 4.43. The number of Topliss-reactive ketones (excluding diaryl/α,β-unsaturated/α-hetero) is 1. The van der Waals surface area contributed by atoms with Gasteiger partial charge in [0, 0.05) is 10.5 Å². The number of carbonyl (C=O) groups excluding carboxylic acids is 1. The number of rotatable bonds is 4. The minimum Gasteiger partial charge on any atom is -0.293 e. The molecule has 0 amide bonds. The van der Waals surface area contributed by atoms with Crippen LogP contribution in [0, 0.1) is 11.6 Å². The molecule has 0 saturated heterocycles. The second kappa shape index (κ2) is 5.98. The maximum atomic E-state index is 13.5. The number of carbonyl (C=O) groups is 1. The molecule has 108 valence electrons. The molecule has 0 spiro atoms. The molecule has 0 radical (unpaired) electrons. The van der Waals surface area contributed by atoms with E-state index < -0.39 is 11.6 Å². The summed E-state index contributed by atoms with van der Waals surface area (Å²) in [4.78, 5) is 12.3. The van der Waals surface area contributed by atoms with Crippen LogP contribution < -0.4 is 0 Å². The van der Waals surface area contributed by atoms with Gasteiger partial charge in [0.15, 0.2) is 5.78 Å². The highest BCUT2D eigenvalue weighted by Crippen LogP contribution is 2.26. The Labute approximate surface area is 126 Å². The first-order valence-corrected chi connectivity index (χ1v) is 7.85. The number of benzene rings is 2. The molecule has 1 aliphatic carbocycles. The quantitative estimate of drug-likeness (QED) is 0.614. The summed E-state index contributed by atoms with van der Waals surface area (Å²) in [7, 11) is 0. The number of ketones is 1. The van der Waals surface area contributed by atoms with Gasteiger partial charge in [-0.3, -0.25) is 4.79 Å². The molecule has 0 fully saturated rings. The molecule has 0 N–H and O–H groups in total. The molecule has 21 heavy (non-hydrogen) atoms. The Morgan fingerprint density at radius 2 is 1.86 bits per heavy atom. The lowest BCUT2D eigenvalue weighted by atomic mass is 10.0. The molecule has 0 bridgehead atoms. The zero-order valence-corrected chi connectivity index (χ0v) is 12.2. The Balaban J connectivity index is 1.70. The van der Waals surface area contributed by atoms with E-state index in [-0.39, 0.29) is 16.4 Å². The second-order valence-corrected chi connectivity index (χ2v) is 6.14. The highest BCUT2D eigenvalue weighted by molar-refractivity contribution is 8.00. The molecule has 0 aliphatic heterocycles. The molecular weight excluding hydrogens is 290 g/mol. The lowest BCUT2D eigenvalue weighted by Crippen LogP contribution is -2.03. The highest BCUT2D eigenvalue weighted by atomic mass is 32.2. The van der Waals surface area contributed by atoms with Gasteiger partial charge >= 0.3 is 0 Å². The van der Waals surface area contributed by atoms with E-state index in [2.05, 4.69) is 0 Å². The minimum atomic E-state index is -0.497. The van der Waals surface area contributed by atoms with Crippen molar-refractivity contribution in [3.05, 3.63) is 64.7 Å². The fraction of sp³-hybridized carbons (Fsp3) is 0.235. The van der Waals surface area contributed by atoms with Crippen molar-refractivity contribution in [3.63, 3.8) is 0 Å².